The van der Waals surface area contributed by atoms with Gasteiger partial charge >= 0.3 is 0 Å². The van der Waals surface area contributed by atoms with Gasteiger partial charge in [-0.1, -0.05) is 38.5 Å². The van der Waals surface area contributed by atoms with Crippen LogP contribution in [-0.4, -0.2) is 17.0 Å². The van der Waals surface area contributed by atoms with Crippen molar-refractivity contribution in [3.63, 3.8) is 0 Å². The summed E-state index contributed by atoms with van der Waals surface area (Å²) in [4.78, 5) is 8.63. The SMILES string of the molecule is CNc1cc(Oc2ccc(C)cc2C(C)(C)C)nc(C)n1. The molecule has 0 aliphatic rings. The lowest BCUT2D eigenvalue weighted by atomic mass is 9.85. The van der Waals surface area contributed by atoms with Gasteiger partial charge in [0.1, 0.15) is 17.4 Å². The highest BCUT2D eigenvalue weighted by molar-refractivity contribution is 5.45. The lowest BCUT2D eigenvalue weighted by molar-refractivity contribution is 0.437. The number of rotatable bonds is 3. The molecule has 0 spiro atoms. The number of nitrogens with zero attached hydrogens (tertiary/aromatic N) is 2. The highest BCUT2D eigenvalue weighted by Gasteiger charge is 2.20. The van der Waals surface area contributed by atoms with Crippen LogP contribution in [0.3, 0.4) is 0 Å². The molecule has 21 heavy (non-hydrogen) atoms. The number of benzene rings is 1. The molecule has 0 bridgehead atoms. The van der Waals surface area contributed by atoms with Gasteiger partial charge in [0.05, 0.1) is 0 Å². The van der Waals surface area contributed by atoms with Crippen molar-refractivity contribution in [1.29, 1.82) is 0 Å². The van der Waals surface area contributed by atoms with Crippen LogP contribution in [0.4, 0.5) is 5.82 Å². The van der Waals surface area contributed by atoms with Crippen molar-refractivity contribution in [1.82, 2.24) is 9.97 Å². The van der Waals surface area contributed by atoms with Crippen molar-refractivity contribution in [2.45, 2.75) is 40.0 Å². The standard InChI is InChI=1S/C17H23N3O/c1-11-7-8-14(13(9-11)17(3,4)5)21-16-10-15(18-6)19-12(2)20-16/h7-10H,1-6H3,(H,18,19,20). The van der Waals surface area contributed by atoms with Crippen LogP contribution in [0.2, 0.25) is 0 Å². The maximum Gasteiger partial charge on any atom is 0.224 e. The summed E-state index contributed by atoms with van der Waals surface area (Å²) < 4.78 is 6.02. The van der Waals surface area contributed by atoms with Crippen LogP contribution in [0.5, 0.6) is 11.6 Å². The molecule has 0 atom stereocenters. The van der Waals surface area contributed by atoms with Gasteiger partial charge in [0.15, 0.2) is 0 Å². The molecular weight excluding hydrogens is 262 g/mol. The van der Waals surface area contributed by atoms with Gasteiger partial charge < -0.3 is 10.1 Å². The average molecular weight is 285 g/mol. The van der Waals surface area contributed by atoms with Gasteiger partial charge in [0.2, 0.25) is 5.88 Å². The largest absolute Gasteiger partial charge is 0.439 e. The molecule has 1 aromatic heterocycles. The van der Waals surface area contributed by atoms with Gasteiger partial charge in [0.25, 0.3) is 0 Å². The Hall–Kier alpha value is -2.10. The van der Waals surface area contributed by atoms with E-state index in [0.29, 0.717) is 11.7 Å². The van der Waals surface area contributed by atoms with Crippen molar-refractivity contribution in [3.05, 3.63) is 41.2 Å². The van der Waals surface area contributed by atoms with E-state index in [2.05, 4.69) is 55.1 Å². The summed E-state index contributed by atoms with van der Waals surface area (Å²) in [5.74, 6) is 2.83. The van der Waals surface area contributed by atoms with Gasteiger partial charge in [-0.2, -0.15) is 4.98 Å². The van der Waals surface area contributed by atoms with Gasteiger partial charge in [-0.15, -0.1) is 0 Å². The predicted octanol–water partition coefficient (Wildman–Crippen LogP) is 4.22. The van der Waals surface area contributed by atoms with E-state index < -0.39 is 0 Å². The fraction of sp³-hybridized carbons (Fsp3) is 0.412. The monoisotopic (exact) mass is 285 g/mol. The van der Waals surface area contributed by atoms with Crippen LogP contribution in [0.1, 0.15) is 37.7 Å². The molecule has 1 aromatic carbocycles. The Morgan fingerprint density at radius 3 is 2.38 bits per heavy atom. The van der Waals surface area contributed by atoms with Gasteiger partial charge in [0, 0.05) is 18.7 Å². The molecule has 0 fully saturated rings. The average Bonchev–Trinajstić information content (AvgIpc) is 2.39. The lowest BCUT2D eigenvalue weighted by Gasteiger charge is -2.23. The fourth-order valence-electron chi connectivity index (χ4n) is 2.15. The van der Waals surface area contributed by atoms with Crippen LogP contribution < -0.4 is 10.1 Å². The molecule has 0 saturated heterocycles. The summed E-state index contributed by atoms with van der Waals surface area (Å²) >= 11 is 0. The zero-order valence-electron chi connectivity index (χ0n) is 13.6. The first-order chi connectivity index (χ1) is 9.79. The number of aryl methyl sites for hydroxylation is 2. The van der Waals surface area contributed by atoms with Gasteiger partial charge in [-0.3, -0.25) is 0 Å². The third kappa shape index (κ3) is 3.72. The first-order valence-corrected chi connectivity index (χ1v) is 7.12. The van der Waals surface area contributed by atoms with E-state index in [0.717, 1.165) is 11.6 Å². The molecule has 0 aliphatic heterocycles. The number of anilines is 1. The number of aromatic nitrogens is 2. The number of nitrogens with one attached hydrogen (secondary N) is 1. The molecule has 112 valence electrons. The summed E-state index contributed by atoms with van der Waals surface area (Å²) in [6, 6.07) is 8.03. The molecule has 0 aliphatic carbocycles. The third-order valence-corrected chi connectivity index (χ3v) is 3.23. The van der Waals surface area contributed by atoms with E-state index in [9.17, 15) is 0 Å². The van der Waals surface area contributed by atoms with E-state index in [-0.39, 0.29) is 5.41 Å². The zero-order valence-corrected chi connectivity index (χ0v) is 13.6. The molecule has 2 rings (SSSR count). The summed E-state index contributed by atoms with van der Waals surface area (Å²) in [5, 5.41) is 3.02. The van der Waals surface area contributed by atoms with Gasteiger partial charge in [-0.05, 0) is 25.3 Å². The van der Waals surface area contributed by atoms with E-state index in [1.807, 2.05) is 20.0 Å². The predicted molar refractivity (Wildman–Crippen MR) is 86.3 cm³/mol. The van der Waals surface area contributed by atoms with E-state index in [4.69, 9.17) is 4.74 Å². The molecule has 0 radical (unpaired) electrons. The Morgan fingerprint density at radius 1 is 1.05 bits per heavy atom. The molecular formula is C17H23N3O. The Kier molecular flexibility index (Phi) is 4.16. The maximum atomic E-state index is 6.02. The maximum absolute atomic E-state index is 6.02. The normalized spacial score (nSPS) is 11.3. The van der Waals surface area contributed by atoms with E-state index in [1.54, 1.807) is 6.07 Å². The highest BCUT2D eigenvalue weighted by atomic mass is 16.5. The minimum Gasteiger partial charge on any atom is -0.439 e. The topological polar surface area (TPSA) is 47.0 Å². The Balaban J connectivity index is 2.42. The van der Waals surface area contributed by atoms with Crippen LogP contribution in [-0.2, 0) is 5.41 Å². The second kappa shape index (κ2) is 5.72. The third-order valence-electron chi connectivity index (χ3n) is 3.23. The van der Waals surface area contributed by atoms with Gasteiger partial charge in [-0.25, -0.2) is 4.98 Å². The second-order valence-electron chi connectivity index (χ2n) is 6.24. The number of ether oxygens (including phenoxy) is 1. The molecule has 0 amide bonds. The molecule has 1 N–H and O–H groups in total. The molecule has 2 aromatic rings. The first-order valence-electron chi connectivity index (χ1n) is 7.12. The quantitative estimate of drug-likeness (QED) is 0.917. The first kappa shape index (κ1) is 15.3. The minimum absolute atomic E-state index is 0.00919. The van der Waals surface area contributed by atoms with Crippen LogP contribution in [0.25, 0.3) is 0 Å². The Labute approximate surface area is 126 Å². The number of hydrogen-bond acceptors (Lipinski definition) is 4. The Morgan fingerprint density at radius 2 is 1.76 bits per heavy atom. The van der Waals surface area contributed by atoms with Crippen LogP contribution >= 0.6 is 0 Å². The van der Waals surface area contributed by atoms with Crippen molar-refractivity contribution in [2.75, 3.05) is 12.4 Å². The molecule has 1 heterocycles. The van der Waals surface area contributed by atoms with Crippen molar-refractivity contribution in [3.8, 4) is 11.6 Å². The Bertz CT molecular complexity index is 645. The smallest absolute Gasteiger partial charge is 0.224 e. The lowest BCUT2D eigenvalue weighted by Crippen LogP contribution is -2.13. The highest BCUT2D eigenvalue weighted by Crippen LogP contribution is 2.34. The van der Waals surface area contributed by atoms with Crippen molar-refractivity contribution < 1.29 is 4.74 Å². The number of hydrogen-bond donors (Lipinski definition) is 1. The zero-order chi connectivity index (χ0) is 15.6. The van der Waals surface area contributed by atoms with E-state index >= 15 is 0 Å². The summed E-state index contributed by atoms with van der Waals surface area (Å²) in [6.07, 6.45) is 0. The summed E-state index contributed by atoms with van der Waals surface area (Å²) in [6.45, 7) is 10.5. The second-order valence-corrected chi connectivity index (χ2v) is 6.24. The molecule has 4 nitrogen and oxygen atoms in total. The van der Waals surface area contributed by atoms with Crippen molar-refractivity contribution in [2.24, 2.45) is 0 Å². The molecule has 0 saturated carbocycles. The van der Waals surface area contributed by atoms with Crippen molar-refractivity contribution >= 4 is 5.82 Å². The summed E-state index contributed by atoms with van der Waals surface area (Å²) in [7, 11) is 1.83. The van der Waals surface area contributed by atoms with Crippen LogP contribution in [0, 0.1) is 13.8 Å². The molecule has 4 heteroatoms. The molecule has 0 unspecified atom stereocenters. The fourth-order valence-corrected chi connectivity index (χ4v) is 2.15. The summed E-state index contributed by atoms with van der Waals surface area (Å²) in [5.41, 5.74) is 2.40. The van der Waals surface area contributed by atoms with Crippen LogP contribution in [0.15, 0.2) is 24.3 Å². The van der Waals surface area contributed by atoms with E-state index in [1.165, 1.54) is 11.1 Å². The minimum atomic E-state index is 0.00919.